The fraction of sp³-hybridized carbons (Fsp3) is 0.125. The van der Waals surface area contributed by atoms with Crippen LogP contribution in [0.1, 0.15) is 11.1 Å². The van der Waals surface area contributed by atoms with Crippen molar-refractivity contribution in [3.8, 4) is 22.9 Å². The van der Waals surface area contributed by atoms with Gasteiger partial charge in [0.25, 0.3) is 5.56 Å². The first-order chi connectivity index (χ1) is 17.6. The van der Waals surface area contributed by atoms with Gasteiger partial charge in [-0.2, -0.15) is 14.1 Å². The number of aromatic amines is 1. The molecule has 1 aliphatic rings. The van der Waals surface area contributed by atoms with E-state index >= 15 is 0 Å². The van der Waals surface area contributed by atoms with E-state index in [0.717, 1.165) is 22.0 Å². The van der Waals surface area contributed by atoms with E-state index in [1.54, 1.807) is 0 Å². The molecule has 13 heteroatoms. The number of sulfonamides is 1. The summed E-state index contributed by atoms with van der Waals surface area (Å²) in [6.45, 7) is 0.446. The van der Waals surface area contributed by atoms with Crippen LogP contribution in [-0.4, -0.2) is 39.1 Å². The van der Waals surface area contributed by atoms with Crippen molar-refractivity contribution in [1.82, 2.24) is 19.1 Å². The molecule has 3 aromatic carbocycles. The molecule has 5 rings (SSSR count). The quantitative estimate of drug-likeness (QED) is 0.381. The molecule has 2 heterocycles. The van der Waals surface area contributed by atoms with Crippen LogP contribution in [0, 0.1) is 0 Å². The maximum atomic E-state index is 13.4. The maximum Gasteiger partial charge on any atom is 0.349 e. The van der Waals surface area contributed by atoms with E-state index < -0.39 is 27.0 Å². The van der Waals surface area contributed by atoms with Crippen molar-refractivity contribution in [3.05, 3.63) is 103 Å². The number of aromatic nitrogens is 3. The Kier molecular flexibility index (Phi) is 6.54. The molecule has 0 spiro atoms. The highest BCUT2D eigenvalue weighted by molar-refractivity contribution is 7.89. The van der Waals surface area contributed by atoms with Crippen molar-refractivity contribution in [2.75, 3.05) is 6.54 Å². The zero-order valence-electron chi connectivity index (χ0n) is 18.9. The van der Waals surface area contributed by atoms with Gasteiger partial charge in [0, 0.05) is 19.2 Å². The van der Waals surface area contributed by atoms with Crippen LogP contribution >= 0.6 is 23.2 Å². The molecule has 0 fully saturated rings. The van der Waals surface area contributed by atoms with Gasteiger partial charge >= 0.3 is 5.69 Å². The zero-order chi connectivity index (χ0) is 26.3. The lowest BCUT2D eigenvalue weighted by molar-refractivity contribution is 0.385. The lowest BCUT2D eigenvalue weighted by Crippen LogP contribution is -2.35. The molecule has 0 unspecified atom stereocenters. The Morgan fingerprint density at radius 1 is 1.00 bits per heavy atom. The first-order valence-corrected chi connectivity index (χ1v) is 13.1. The SMILES string of the molecule is O=c1cnn(-c2cc(Cl)c(Oc3ccc(O)c(S(=O)(=O)N4CCc5ccccc5C4)c3)c(Cl)c2)c(=O)[nH]1. The number of nitrogens with one attached hydrogen (secondary N) is 1. The van der Waals surface area contributed by atoms with Crippen LogP contribution in [0.2, 0.25) is 10.0 Å². The van der Waals surface area contributed by atoms with Gasteiger partial charge in [0.2, 0.25) is 10.0 Å². The number of benzene rings is 3. The molecule has 2 N–H and O–H groups in total. The minimum Gasteiger partial charge on any atom is -0.507 e. The van der Waals surface area contributed by atoms with Crippen LogP contribution in [0.3, 0.4) is 0 Å². The normalized spacial score (nSPS) is 13.8. The number of phenolic OH excluding ortho intramolecular Hbond substituents is 1. The van der Waals surface area contributed by atoms with E-state index in [4.69, 9.17) is 27.9 Å². The molecule has 1 aromatic heterocycles. The predicted octanol–water partition coefficient (Wildman–Crippen LogP) is 3.47. The van der Waals surface area contributed by atoms with Crippen LogP contribution in [0.15, 0.2) is 75.3 Å². The van der Waals surface area contributed by atoms with E-state index in [-0.39, 0.29) is 45.2 Å². The van der Waals surface area contributed by atoms with Crippen LogP contribution in [0.5, 0.6) is 17.2 Å². The third-order valence-electron chi connectivity index (χ3n) is 5.81. The van der Waals surface area contributed by atoms with E-state index in [2.05, 4.69) is 10.1 Å². The lowest BCUT2D eigenvalue weighted by Gasteiger charge is -2.28. The maximum absolute atomic E-state index is 13.4. The molecule has 0 saturated carbocycles. The minimum atomic E-state index is -4.06. The highest BCUT2D eigenvalue weighted by Crippen LogP contribution is 2.40. The Bertz CT molecular complexity index is 1730. The number of fused-ring (bicyclic) bond motifs is 1. The molecule has 37 heavy (non-hydrogen) atoms. The average Bonchev–Trinajstić information content (AvgIpc) is 2.86. The van der Waals surface area contributed by atoms with Gasteiger partial charge in [0.1, 0.15) is 22.6 Å². The van der Waals surface area contributed by atoms with Crippen molar-refractivity contribution in [1.29, 1.82) is 0 Å². The molecule has 0 saturated heterocycles. The van der Waals surface area contributed by atoms with Crippen LogP contribution in [0.4, 0.5) is 0 Å². The fourth-order valence-electron chi connectivity index (χ4n) is 4.00. The summed E-state index contributed by atoms with van der Waals surface area (Å²) in [6, 6.07) is 14.1. The molecule has 0 atom stereocenters. The molecule has 0 bridgehead atoms. The molecule has 10 nitrogen and oxygen atoms in total. The third kappa shape index (κ3) is 4.86. The lowest BCUT2D eigenvalue weighted by atomic mass is 10.0. The van der Waals surface area contributed by atoms with Gasteiger partial charge in [-0.05, 0) is 41.8 Å². The van der Waals surface area contributed by atoms with Gasteiger partial charge in [0.05, 0.1) is 15.7 Å². The van der Waals surface area contributed by atoms with Gasteiger partial charge in [-0.1, -0.05) is 47.5 Å². The van der Waals surface area contributed by atoms with E-state index in [9.17, 15) is 23.1 Å². The largest absolute Gasteiger partial charge is 0.507 e. The molecule has 1 aliphatic heterocycles. The Morgan fingerprint density at radius 3 is 2.41 bits per heavy atom. The predicted molar refractivity (Wildman–Crippen MR) is 136 cm³/mol. The molecular weight excluding hydrogens is 543 g/mol. The molecule has 0 radical (unpaired) electrons. The van der Waals surface area contributed by atoms with E-state index in [1.165, 1.54) is 34.6 Å². The number of hydrogen-bond acceptors (Lipinski definition) is 7. The molecule has 190 valence electrons. The monoisotopic (exact) mass is 560 g/mol. The molecule has 0 aliphatic carbocycles. The van der Waals surface area contributed by atoms with Crippen molar-refractivity contribution in [2.24, 2.45) is 0 Å². The highest BCUT2D eigenvalue weighted by Gasteiger charge is 2.31. The summed E-state index contributed by atoms with van der Waals surface area (Å²) in [5, 5.41) is 14.1. The Balaban J connectivity index is 1.45. The van der Waals surface area contributed by atoms with Crippen molar-refractivity contribution in [3.63, 3.8) is 0 Å². The number of rotatable bonds is 5. The van der Waals surface area contributed by atoms with Gasteiger partial charge in [-0.3, -0.25) is 9.78 Å². The number of aromatic hydroxyl groups is 1. The van der Waals surface area contributed by atoms with Crippen LogP contribution in [0.25, 0.3) is 5.69 Å². The summed E-state index contributed by atoms with van der Waals surface area (Å²) in [4.78, 5) is 25.1. The number of halogens is 2. The Morgan fingerprint density at radius 2 is 1.70 bits per heavy atom. The second-order valence-electron chi connectivity index (χ2n) is 8.18. The molecular formula is C24H18Cl2N4O6S. The number of phenols is 1. The smallest absolute Gasteiger partial charge is 0.349 e. The van der Waals surface area contributed by atoms with Gasteiger partial charge in [0.15, 0.2) is 5.75 Å². The van der Waals surface area contributed by atoms with Gasteiger partial charge in [-0.25, -0.2) is 13.2 Å². The fourth-order valence-corrected chi connectivity index (χ4v) is 6.07. The first kappa shape index (κ1) is 25.0. The zero-order valence-corrected chi connectivity index (χ0v) is 21.2. The number of H-pyrrole nitrogens is 1. The second-order valence-corrected chi connectivity index (χ2v) is 10.9. The van der Waals surface area contributed by atoms with E-state index in [0.29, 0.717) is 6.42 Å². The van der Waals surface area contributed by atoms with Gasteiger partial charge in [-0.15, -0.1) is 0 Å². The summed E-state index contributed by atoms with van der Waals surface area (Å²) in [5.41, 5.74) is 0.705. The van der Waals surface area contributed by atoms with Crippen molar-refractivity contribution < 1.29 is 18.3 Å². The van der Waals surface area contributed by atoms with E-state index in [1.807, 2.05) is 24.3 Å². The summed E-state index contributed by atoms with van der Waals surface area (Å²) >= 11 is 12.7. The number of nitrogens with zero attached hydrogens (tertiary/aromatic N) is 3. The summed E-state index contributed by atoms with van der Waals surface area (Å²) in [5.74, 6) is -0.377. The first-order valence-electron chi connectivity index (χ1n) is 10.9. The molecule has 0 amide bonds. The minimum absolute atomic E-state index is 0.00693. The highest BCUT2D eigenvalue weighted by atomic mass is 35.5. The Labute approximate surface area is 220 Å². The van der Waals surface area contributed by atoms with Crippen LogP contribution < -0.4 is 16.0 Å². The topological polar surface area (TPSA) is 135 Å². The molecule has 4 aromatic rings. The summed E-state index contributed by atoms with van der Waals surface area (Å²) in [6.07, 6.45) is 1.48. The second kappa shape index (κ2) is 9.67. The standard InChI is InChI=1S/C24H18Cl2N4O6S/c25-18-9-16(30-24(33)28-22(32)12-27-30)10-19(26)23(18)36-17-5-6-20(31)21(11-17)37(34,35)29-8-7-14-3-1-2-4-15(14)13-29/h1-6,9-12,31H,7-8,13H2,(H,28,32,33). The van der Waals surface area contributed by atoms with Crippen LogP contribution in [-0.2, 0) is 23.0 Å². The Hall–Kier alpha value is -3.64. The number of ether oxygens (including phenoxy) is 1. The summed E-state index contributed by atoms with van der Waals surface area (Å²) in [7, 11) is -4.06. The number of hydrogen-bond donors (Lipinski definition) is 2. The average molecular weight is 561 g/mol. The van der Waals surface area contributed by atoms with Crippen molar-refractivity contribution >= 4 is 33.2 Å². The van der Waals surface area contributed by atoms with Gasteiger partial charge < -0.3 is 9.84 Å². The van der Waals surface area contributed by atoms with Crippen molar-refractivity contribution in [2.45, 2.75) is 17.9 Å². The third-order valence-corrected chi connectivity index (χ3v) is 8.24. The summed E-state index contributed by atoms with van der Waals surface area (Å²) < 4.78 is 34.8.